The Kier molecular flexibility index (Phi) is 11.2. The third-order valence-electron chi connectivity index (χ3n) is 6.22. The van der Waals surface area contributed by atoms with Gasteiger partial charge in [0.25, 0.3) is 0 Å². The first kappa shape index (κ1) is 29.6. The molecule has 0 bridgehead atoms. The van der Waals surface area contributed by atoms with Crippen LogP contribution in [0.25, 0.3) is 0 Å². The molecular weight excluding hydrogens is 498 g/mol. The fourth-order valence-corrected chi connectivity index (χ4v) is 5.21. The molecule has 0 aliphatic rings. The highest BCUT2D eigenvalue weighted by atomic mass is 35.5. The highest BCUT2D eigenvalue weighted by Crippen LogP contribution is 2.24. The molecule has 0 aliphatic carbocycles. The molecule has 2 rings (SSSR count). The Hall–Kier alpha value is -2.58. The second kappa shape index (κ2) is 13.7. The van der Waals surface area contributed by atoms with Crippen LogP contribution < -0.4 is 9.62 Å². The zero-order chi connectivity index (χ0) is 26.9. The Bertz CT molecular complexity index is 1140. The van der Waals surface area contributed by atoms with E-state index in [1.54, 1.807) is 23.1 Å². The van der Waals surface area contributed by atoms with E-state index in [2.05, 4.69) is 5.32 Å². The molecule has 0 aromatic heterocycles. The number of amides is 2. The number of hydrogen-bond acceptors (Lipinski definition) is 4. The van der Waals surface area contributed by atoms with Crippen molar-refractivity contribution in [2.24, 2.45) is 0 Å². The second-order valence-electron chi connectivity index (χ2n) is 9.08. The summed E-state index contributed by atoms with van der Waals surface area (Å²) >= 11 is 6.37. The number of hydrogen-bond donors (Lipinski definition) is 1. The maximum Gasteiger partial charge on any atom is 0.243 e. The van der Waals surface area contributed by atoms with Gasteiger partial charge in [-0.05, 0) is 56.4 Å². The fourth-order valence-electron chi connectivity index (χ4n) is 4.00. The van der Waals surface area contributed by atoms with Crippen LogP contribution in [0.1, 0.15) is 57.6 Å². The highest BCUT2D eigenvalue weighted by molar-refractivity contribution is 7.92. The van der Waals surface area contributed by atoms with Crippen molar-refractivity contribution in [2.75, 3.05) is 17.1 Å². The molecule has 0 spiro atoms. The van der Waals surface area contributed by atoms with Gasteiger partial charge in [0.1, 0.15) is 6.04 Å². The van der Waals surface area contributed by atoms with E-state index in [-0.39, 0.29) is 37.4 Å². The van der Waals surface area contributed by atoms with E-state index in [0.29, 0.717) is 23.6 Å². The third kappa shape index (κ3) is 8.23. The summed E-state index contributed by atoms with van der Waals surface area (Å²) in [5.74, 6) is -0.427. The van der Waals surface area contributed by atoms with E-state index in [1.807, 2.05) is 58.0 Å². The number of anilines is 1. The van der Waals surface area contributed by atoms with Crippen molar-refractivity contribution in [2.45, 2.75) is 72.0 Å². The quantitative estimate of drug-likeness (QED) is 0.394. The summed E-state index contributed by atoms with van der Waals surface area (Å²) in [5, 5.41) is 3.51. The number of benzene rings is 2. The van der Waals surface area contributed by atoms with Gasteiger partial charge in [0, 0.05) is 30.6 Å². The first-order valence-electron chi connectivity index (χ1n) is 12.4. The molecule has 2 aromatic rings. The number of rotatable bonds is 13. The topological polar surface area (TPSA) is 86.8 Å². The number of nitrogens with zero attached hydrogens (tertiary/aromatic N) is 2. The van der Waals surface area contributed by atoms with Crippen LogP contribution in [-0.2, 0) is 26.2 Å². The first-order chi connectivity index (χ1) is 17.0. The molecule has 2 aromatic carbocycles. The minimum absolute atomic E-state index is 0.0127. The number of carbonyl (C=O) groups is 2. The van der Waals surface area contributed by atoms with E-state index < -0.39 is 16.1 Å². The molecule has 198 valence electrons. The van der Waals surface area contributed by atoms with Crippen LogP contribution >= 0.6 is 11.6 Å². The van der Waals surface area contributed by atoms with Gasteiger partial charge in [-0.3, -0.25) is 13.9 Å². The first-order valence-corrected chi connectivity index (χ1v) is 14.6. The number of sulfonamides is 1. The molecule has 0 saturated carbocycles. The van der Waals surface area contributed by atoms with E-state index in [0.717, 1.165) is 23.8 Å². The number of carbonyl (C=O) groups excluding carboxylic acids is 2. The minimum Gasteiger partial charge on any atom is -0.352 e. The number of nitrogens with one attached hydrogen (secondary N) is 1. The van der Waals surface area contributed by atoms with E-state index in [1.165, 1.54) is 4.31 Å². The van der Waals surface area contributed by atoms with Gasteiger partial charge in [-0.2, -0.15) is 0 Å². The zero-order valence-corrected chi connectivity index (χ0v) is 23.4. The van der Waals surface area contributed by atoms with Gasteiger partial charge < -0.3 is 10.2 Å². The summed E-state index contributed by atoms with van der Waals surface area (Å²) in [6, 6.07) is 13.8. The lowest BCUT2D eigenvalue weighted by atomic mass is 10.1. The number of halogens is 1. The smallest absolute Gasteiger partial charge is 0.243 e. The minimum atomic E-state index is -3.54. The van der Waals surface area contributed by atoms with Crippen LogP contribution in [0.2, 0.25) is 5.02 Å². The normalized spacial score (nSPS) is 13.1. The van der Waals surface area contributed by atoms with Crippen LogP contribution in [0.15, 0.2) is 48.5 Å². The van der Waals surface area contributed by atoms with Crippen molar-refractivity contribution in [3.8, 4) is 0 Å². The molecule has 7 nitrogen and oxygen atoms in total. The van der Waals surface area contributed by atoms with Crippen LogP contribution in [0.4, 0.5) is 5.69 Å². The van der Waals surface area contributed by atoms with Gasteiger partial charge >= 0.3 is 0 Å². The standard InChI is InChI=1S/C27H38ClN3O4S/c1-6-21(4)29-27(33)24(7-2)30(19-22-14-9-10-15-23(22)28)26(32)17-12-18-31(36(5,34)35)25-16-11-8-13-20(25)3/h8-11,13-16,21,24H,6-7,12,17-19H2,1-5H3,(H,29,33)/t21-,24+/m0/s1. The van der Waals surface area contributed by atoms with E-state index >= 15 is 0 Å². The second-order valence-corrected chi connectivity index (χ2v) is 11.4. The summed E-state index contributed by atoms with van der Waals surface area (Å²) in [6.45, 7) is 7.99. The maximum absolute atomic E-state index is 13.5. The molecule has 0 heterocycles. The average molecular weight is 536 g/mol. The number of para-hydroxylation sites is 1. The summed E-state index contributed by atoms with van der Waals surface area (Å²) < 4.78 is 26.4. The molecule has 36 heavy (non-hydrogen) atoms. The molecule has 2 amide bonds. The summed E-state index contributed by atoms with van der Waals surface area (Å²) in [4.78, 5) is 28.1. The van der Waals surface area contributed by atoms with Gasteiger partial charge in [-0.25, -0.2) is 8.42 Å². The lowest BCUT2D eigenvalue weighted by molar-refractivity contribution is -0.141. The number of aryl methyl sites for hydroxylation is 1. The highest BCUT2D eigenvalue weighted by Gasteiger charge is 2.30. The molecule has 0 fully saturated rings. The third-order valence-corrected chi connectivity index (χ3v) is 7.77. The van der Waals surface area contributed by atoms with Gasteiger partial charge in [0.2, 0.25) is 21.8 Å². The Labute approximate surface area is 220 Å². The van der Waals surface area contributed by atoms with Gasteiger partial charge in [-0.1, -0.05) is 61.8 Å². The summed E-state index contributed by atoms with van der Waals surface area (Å²) in [7, 11) is -3.54. The Morgan fingerprint density at radius 3 is 2.25 bits per heavy atom. The van der Waals surface area contributed by atoms with Crippen LogP contribution in [0.3, 0.4) is 0 Å². The van der Waals surface area contributed by atoms with Crippen molar-refractivity contribution < 1.29 is 18.0 Å². The maximum atomic E-state index is 13.5. The monoisotopic (exact) mass is 535 g/mol. The molecule has 9 heteroatoms. The van der Waals surface area contributed by atoms with E-state index in [9.17, 15) is 18.0 Å². The Morgan fingerprint density at radius 2 is 1.67 bits per heavy atom. The van der Waals surface area contributed by atoms with Crippen molar-refractivity contribution in [1.29, 1.82) is 0 Å². The fraction of sp³-hybridized carbons (Fsp3) is 0.481. The predicted molar refractivity (Wildman–Crippen MR) is 147 cm³/mol. The lowest BCUT2D eigenvalue weighted by Gasteiger charge is -2.32. The van der Waals surface area contributed by atoms with Gasteiger partial charge in [0.15, 0.2) is 0 Å². The largest absolute Gasteiger partial charge is 0.352 e. The predicted octanol–water partition coefficient (Wildman–Crippen LogP) is 4.92. The van der Waals surface area contributed by atoms with Gasteiger partial charge in [-0.15, -0.1) is 0 Å². The molecule has 0 unspecified atom stereocenters. The van der Waals surface area contributed by atoms with Crippen LogP contribution in [0, 0.1) is 6.92 Å². The van der Waals surface area contributed by atoms with Crippen molar-refractivity contribution >= 4 is 39.1 Å². The van der Waals surface area contributed by atoms with Crippen LogP contribution in [-0.4, -0.2) is 50.0 Å². The molecule has 1 N–H and O–H groups in total. The van der Waals surface area contributed by atoms with E-state index in [4.69, 9.17) is 11.6 Å². The zero-order valence-electron chi connectivity index (χ0n) is 21.8. The lowest BCUT2D eigenvalue weighted by Crippen LogP contribution is -2.50. The molecular formula is C27H38ClN3O4S. The molecule has 2 atom stereocenters. The average Bonchev–Trinajstić information content (AvgIpc) is 2.82. The van der Waals surface area contributed by atoms with Crippen molar-refractivity contribution in [1.82, 2.24) is 10.2 Å². The Balaban J connectivity index is 2.25. The molecule has 0 radical (unpaired) electrons. The van der Waals surface area contributed by atoms with Crippen molar-refractivity contribution in [3.63, 3.8) is 0 Å². The van der Waals surface area contributed by atoms with Crippen molar-refractivity contribution in [3.05, 3.63) is 64.7 Å². The SMILES string of the molecule is CC[C@H](C(=O)N[C@@H](C)CC)N(Cc1ccccc1Cl)C(=O)CCCN(c1ccccc1C)S(C)(=O)=O. The Morgan fingerprint density at radius 1 is 1.03 bits per heavy atom. The van der Waals surface area contributed by atoms with Gasteiger partial charge in [0.05, 0.1) is 11.9 Å². The molecule has 0 aliphatic heterocycles. The summed E-state index contributed by atoms with van der Waals surface area (Å²) in [5.41, 5.74) is 2.18. The molecule has 0 saturated heterocycles. The van der Waals surface area contributed by atoms with Crippen LogP contribution in [0.5, 0.6) is 0 Å². The summed E-state index contributed by atoms with van der Waals surface area (Å²) in [6.07, 6.45) is 2.79.